The van der Waals surface area contributed by atoms with Gasteiger partial charge in [0.05, 0.1) is 10.5 Å². The van der Waals surface area contributed by atoms with Crippen molar-refractivity contribution in [1.82, 2.24) is 5.32 Å². The molecule has 0 bridgehead atoms. The fraction of sp³-hybridized carbons (Fsp3) is 0.462. The smallest absolute Gasteiger partial charge is 0.294 e. The second kappa shape index (κ2) is 7.00. The molecule has 1 aliphatic heterocycles. The van der Waals surface area contributed by atoms with Crippen molar-refractivity contribution in [2.75, 3.05) is 25.2 Å². The Morgan fingerprint density at radius 2 is 2.33 bits per heavy atom. The molecule has 1 aromatic rings. The van der Waals surface area contributed by atoms with Crippen molar-refractivity contribution < 1.29 is 14.5 Å². The zero-order valence-electron chi connectivity index (χ0n) is 11.5. The maximum absolute atomic E-state index is 12.1. The van der Waals surface area contributed by atoms with Gasteiger partial charge in [-0.15, -0.1) is 0 Å². The van der Waals surface area contributed by atoms with E-state index in [9.17, 15) is 14.9 Å². The zero-order valence-corrected chi connectivity index (χ0v) is 11.5. The van der Waals surface area contributed by atoms with Gasteiger partial charge in [-0.05, 0) is 24.8 Å². The first-order valence-electron chi connectivity index (χ1n) is 6.73. The van der Waals surface area contributed by atoms with Crippen molar-refractivity contribution in [1.29, 1.82) is 0 Å². The molecule has 2 rings (SSSR count). The SMILES string of the molecule is NNc1c(C(=O)NCCC2CCOC2)cccc1[N+](=O)[O-]. The topological polar surface area (TPSA) is 120 Å². The van der Waals surface area contributed by atoms with Crippen LogP contribution in [0.3, 0.4) is 0 Å². The van der Waals surface area contributed by atoms with Crippen molar-refractivity contribution >= 4 is 17.3 Å². The van der Waals surface area contributed by atoms with E-state index in [1.807, 2.05) is 0 Å². The highest BCUT2D eigenvalue weighted by atomic mass is 16.6. The number of nitrogen functional groups attached to an aromatic ring is 1. The second-order valence-corrected chi connectivity index (χ2v) is 4.88. The number of nitrogens with two attached hydrogens (primary N) is 1. The first-order valence-corrected chi connectivity index (χ1v) is 6.73. The molecule has 0 spiro atoms. The molecule has 0 radical (unpaired) electrons. The average molecular weight is 294 g/mol. The number of hydrazine groups is 1. The Hall–Kier alpha value is -2.19. The monoisotopic (exact) mass is 294 g/mol. The molecule has 1 amide bonds. The number of hydrogen-bond acceptors (Lipinski definition) is 6. The van der Waals surface area contributed by atoms with E-state index in [2.05, 4.69) is 10.7 Å². The number of nitro groups is 1. The Morgan fingerprint density at radius 1 is 1.52 bits per heavy atom. The van der Waals surface area contributed by atoms with Crippen molar-refractivity contribution in [2.45, 2.75) is 12.8 Å². The van der Waals surface area contributed by atoms with Gasteiger partial charge < -0.3 is 15.5 Å². The van der Waals surface area contributed by atoms with Crippen LogP contribution in [0.5, 0.6) is 0 Å². The molecular formula is C13H18N4O4. The van der Waals surface area contributed by atoms with Gasteiger partial charge in [0, 0.05) is 25.8 Å². The van der Waals surface area contributed by atoms with Crippen LogP contribution in [-0.4, -0.2) is 30.6 Å². The lowest BCUT2D eigenvalue weighted by atomic mass is 10.1. The third kappa shape index (κ3) is 3.67. The van der Waals surface area contributed by atoms with Gasteiger partial charge in [-0.3, -0.25) is 20.8 Å². The van der Waals surface area contributed by atoms with E-state index in [4.69, 9.17) is 10.6 Å². The van der Waals surface area contributed by atoms with Crippen molar-refractivity contribution in [2.24, 2.45) is 11.8 Å². The quantitative estimate of drug-likeness (QED) is 0.409. The molecule has 21 heavy (non-hydrogen) atoms. The number of rotatable bonds is 6. The summed E-state index contributed by atoms with van der Waals surface area (Å²) in [6.07, 6.45) is 1.83. The Labute approximate surface area is 121 Å². The predicted octanol–water partition coefficient (Wildman–Crippen LogP) is 1.04. The molecule has 1 aromatic carbocycles. The molecule has 1 aliphatic rings. The molecule has 8 heteroatoms. The highest BCUT2D eigenvalue weighted by Crippen LogP contribution is 2.27. The first-order chi connectivity index (χ1) is 10.1. The number of anilines is 1. The summed E-state index contributed by atoms with van der Waals surface area (Å²) in [5.41, 5.74) is 2.19. The Balaban J connectivity index is 2.01. The van der Waals surface area contributed by atoms with Crippen LogP contribution in [0.1, 0.15) is 23.2 Å². The molecule has 4 N–H and O–H groups in total. The van der Waals surface area contributed by atoms with Gasteiger partial charge in [0.1, 0.15) is 5.69 Å². The van der Waals surface area contributed by atoms with E-state index in [0.717, 1.165) is 26.1 Å². The van der Waals surface area contributed by atoms with Crippen molar-refractivity contribution in [3.05, 3.63) is 33.9 Å². The third-order valence-electron chi connectivity index (χ3n) is 3.49. The third-order valence-corrected chi connectivity index (χ3v) is 3.49. The lowest BCUT2D eigenvalue weighted by Gasteiger charge is -2.11. The summed E-state index contributed by atoms with van der Waals surface area (Å²) in [6, 6.07) is 4.25. The number of nitro benzene ring substituents is 1. The summed E-state index contributed by atoms with van der Waals surface area (Å²) < 4.78 is 5.26. The van der Waals surface area contributed by atoms with Crippen LogP contribution in [0, 0.1) is 16.0 Å². The normalized spacial score (nSPS) is 17.5. The highest BCUT2D eigenvalue weighted by Gasteiger charge is 2.21. The van der Waals surface area contributed by atoms with Gasteiger partial charge in [-0.2, -0.15) is 0 Å². The molecule has 1 heterocycles. The lowest BCUT2D eigenvalue weighted by molar-refractivity contribution is -0.384. The van der Waals surface area contributed by atoms with Crippen LogP contribution in [0.4, 0.5) is 11.4 Å². The van der Waals surface area contributed by atoms with Gasteiger partial charge in [0.25, 0.3) is 11.6 Å². The first kappa shape index (κ1) is 15.2. The van der Waals surface area contributed by atoms with Crippen LogP contribution >= 0.6 is 0 Å². The van der Waals surface area contributed by atoms with Gasteiger partial charge in [-0.25, -0.2) is 0 Å². The van der Waals surface area contributed by atoms with Crippen LogP contribution in [0.25, 0.3) is 0 Å². The number of ether oxygens (including phenoxy) is 1. The Kier molecular flexibility index (Phi) is 5.07. The van der Waals surface area contributed by atoms with E-state index in [0.29, 0.717) is 12.5 Å². The van der Waals surface area contributed by atoms with E-state index < -0.39 is 4.92 Å². The number of hydrogen-bond donors (Lipinski definition) is 3. The van der Waals surface area contributed by atoms with Gasteiger partial charge in [0.15, 0.2) is 0 Å². The standard InChI is InChI=1S/C13H18N4O4/c14-16-12-10(2-1-3-11(12)17(19)20)13(18)15-6-4-9-5-7-21-8-9/h1-3,9,16H,4-8,14H2,(H,15,18). The number of nitrogens with zero attached hydrogens (tertiary/aromatic N) is 1. The Morgan fingerprint density at radius 3 is 2.95 bits per heavy atom. The van der Waals surface area contributed by atoms with Crippen molar-refractivity contribution in [3.8, 4) is 0 Å². The second-order valence-electron chi connectivity index (χ2n) is 4.88. The average Bonchev–Trinajstić information content (AvgIpc) is 2.99. The van der Waals surface area contributed by atoms with Crippen LogP contribution in [-0.2, 0) is 4.74 Å². The number of para-hydroxylation sites is 1. The van der Waals surface area contributed by atoms with Gasteiger partial charge in [0.2, 0.25) is 0 Å². The summed E-state index contributed by atoms with van der Waals surface area (Å²) >= 11 is 0. The number of nitrogens with one attached hydrogen (secondary N) is 2. The fourth-order valence-electron chi connectivity index (χ4n) is 2.33. The Bertz CT molecular complexity index is 529. The minimum absolute atomic E-state index is 0.0178. The van der Waals surface area contributed by atoms with E-state index in [1.54, 1.807) is 0 Å². The van der Waals surface area contributed by atoms with Crippen LogP contribution in [0.15, 0.2) is 18.2 Å². The minimum Gasteiger partial charge on any atom is -0.381 e. The largest absolute Gasteiger partial charge is 0.381 e. The van der Waals surface area contributed by atoms with Gasteiger partial charge in [-0.1, -0.05) is 6.07 Å². The lowest BCUT2D eigenvalue weighted by Crippen LogP contribution is -2.27. The molecule has 114 valence electrons. The van der Waals surface area contributed by atoms with Crippen LogP contribution < -0.4 is 16.6 Å². The van der Waals surface area contributed by atoms with Crippen molar-refractivity contribution in [3.63, 3.8) is 0 Å². The molecule has 1 saturated heterocycles. The fourth-order valence-corrected chi connectivity index (χ4v) is 2.33. The van der Waals surface area contributed by atoms with E-state index in [1.165, 1.54) is 18.2 Å². The summed E-state index contributed by atoms with van der Waals surface area (Å²) in [6.45, 7) is 1.99. The summed E-state index contributed by atoms with van der Waals surface area (Å²) in [4.78, 5) is 22.4. The number of carbonyl (C=O) groups is 1. The molecular weight excluding hydrogens is 276 g/mol. The maximum Gasteiger partial charge on any atom is 0.294 e. The maximum atomic E-state index is 12.1. The number of amides is 1. The highest BCUT2D eigenvalue weighted by molar-refractivity contribution is 6.01. The molecule has 0 aliphatic carbocycles. The molecule has 1 fully saturated rings. The van der Waals surface area contributed by atoms with E-state index >= 15 is 0 Å². The minimum atomic E-state index is -0.582. The molecule has 0 saturated carbocycles. The predicted molar refractivity (Wildman–Crippen MR) is 76.8 cm³/mol. The summed E-state index contributed by atoms with van der Waals surface area (Å²) in [7, 11) is 0. The number of benzene rings is 1. The number of carbonyl (C=O) groups excluding carboxylic acids is 1. The van der Waals surface area contributed by atoms with Crippen LogP contribution in [0.2, 0.25) is 0 Å². The van der Waals surface area contributed by atoms with Gasteiger partial charge >= 0.3 is 0 Å². The molecule has 8 nitrogen and oxygen atoms in total. The summed E-state index contributed by atoms with van der Waals surface area (Å²) in [5, 5.41) is 13.7. The van der Waals surface area contributed by atoms with E-state index in [-0.39, 0.29) is 22.8 Å². The molecule has 1 unspecified atom stereocenters. The molecule has 0 aromatic heterocycles. The summed E-state index contributed by atoms with van der Waals surface area (Å²) in [5.74, 6) is 5.38. The zero-order chi connectivity index (χ0) is 15.2. The molecule has 1 atom stereocenters.